The van der Waals surface area contributed by atoms with E-state index in [1.807, 2.05) is 61.5 Å². The van der Waals surface area contributed by atoms with Crippen LogP contribution in [0.3, 0.4) is 0 Å². The zero-order valence-electron chi connectivity index (χ0n) is 14.3. The Bertz CT molecular complexity index is 746. The number of ether oxygens (including phenoxy) is 1. The molecule has 0 aliphatic carbocycles. The van der Waals surface area contributed by atoms with Crippen LogP contribution in [0.1, 0.15) is 17.5 Å². The van der Waals surface area contributed by atoms with E-state index in [0.29, 0.717) is 26.0 Å². The zero-order valence-corrected chi connectivity index (χ0v) is 14.3. The third kappa shape index (κ3) is 4.38. The van der Waals surface area contributed by atoms with Crippen LogP contribution in [-0.4, -0.2) is 36.0 Å². The maximum absolute atomic E-state index is 12.4. The first-order chi connectivity index (χ1) is 12.1. The zero-order chi connectivity index (χ0) is 17.6. The molecule has 0 aromatic heterocycles. The molecule has 5 heteroatoms. The van der Waals surface area contributed by atoms with Crippen molar-refractivity contribution in [3.05, 3.63) is 65.7 Å². The Hall–Kier alpha value is -2.82. The molecule has 1 fully saturated rings. The predicted octanol–water partition coefficient (Wildman–Crippen LogP) is 2.93. The second-order valence-corrected chi connectivity index (χ2v) is 6.20. The summed E-state index contributed by atoms with van der Waals surface area (Å²) in [6.45, 7) is 2.83. The molecular weight excluding hydrogens is 316 g/mol. The van der Waals surface area contributed by atoms with Crippen LogP contribution in [0.25, 0.3) is 0 Å². The molecule has 5 nitrogen and oxygen atoms in total. The summed E-state index contributed by atoms with van der Waals surface area (Å²) in [6.07, 6.45) is 1.12. The fraction of sp³-hybridized carbons (Fsp3) is 0.300. The molecule has 0 bridgehead atoms. The van der Waals surface area contributed by atoms with E-state index in [2.05, 4.69) is 5.32 Å². The average molecular weight is 338 g/mol. The van der Waals surface area contributed by atoms with Gasteiger partial charge >= 0.3 is 6.03 Å². The first-order valence-corrected chi connectivity index (χ1v) is 8.49. The number of benzene rings is 2. The second kappa shape index (κ2) is 7.83. The van der Waals surface area contributed by atoms with Crippen molar-refractivity contribution in [1.82, 2.24) is 10.2 Å². The monoisotopic (exact) mass is 338 g/mol. The maximum Gasteiger partial charge on any atom is 0.324 e. The SMILES string of the molecule is Cc1cccc(OCCCN2C(=O)N[C@H](Cc3ccccc3)C2=O)c1. The van der Waals surface area contributed by atoms with Crippen LogP contribution in [0.5, 0.6) is 5.75 Å². The quantitative estimate of drug-likeness (QED) is 0.624. The molecule has 1 atom stereocenters. The lowest BCUT2D eigenvalue weighted by molar-refractivity contribution is -0.127. The van der Waals surface area contributed by atoms with E-state index in [9.17, 15) is 9.59 Å². The standard InChI is InChI=1S/C20H22N2O3/c1-15-7-5-10-17(13-15)25-12-6-11-22-19(23)18(21-20(22)24)14-16-8-3-2-4-9-16/h2-5,7-10,13,18H,6,11-12,14H2,1H3,(H,21,24)/t18-/m1/s1. The van der Waals surface area contributed by atoms with Gasteiger partial charge in [-0.1, -0.05) is 42.5 Å². The van der Waals surface area contributed by atoms with Crippen molar-refractivity contribution in [2.24, 2.45) is 0 Å². The Morgan fingerprint density at radius 3 is 2.64 bits per heavy atom. The molecule has 1 heterocycles. The van der Waals surface area contributed by atoms with Gasteiger partial charge in [0.2, 0.25) is 0 Å². The Labute approximate surface area is 147 Å². The summed E-state index contributed by atoms with van der Waals surface area (Å²) in [5, 5.41) is 2.76. The van der Waals surface area contributed by atoms with Crippen molar-refractivity contribution in [2.75, 3.05) is 13.2 Å². The van der Waals surface area contributed by atoms with Crippen molar-refractivity contribution in [2.45, 2.75) is 25.8 Å². The van der Waals surface area contributed by atoms with Crippen LogP contribution in [-0.2, 0) is 11.2 Å². The minimum Gasteiger partial charge on any atom is -0.494 e. The Morgan fingerprint density at radius 2 is 1.88 bits per heavy atom. The lowest BCUT2D eigenvalue weighted by atomic mass is 10.1. The molecule has 1 saturated heterocycles. The molecule has 130 valence electrons. The molecule has 1 aliphatic heterocycles. The number of urea groups is 1. The van der Waals surface area contributed by atoms with Gasteiger partial charge in [0.05, 0.1) is 6.61 Å². The number of nitrogens with one attached hydrogen (secondary N) is 1. The Balaban J connectivity index is 1.47. The highest BCUT2D eigenvalue weighted by molar-refractivity contribution is 6.04. The van der Waals surface area contributed by atoms with Gasteiger partial charge in [-0.25, -0.2) is 4.79 Å². The summed E-state index contributed by atoms with van der Waals surface area (Å²) >= 11 is 0. The van der Waals surface area contributed by atoms with Crippen LogP contribution in [0.15, 0.2) is 54.6 Å². The van der Waals surface area contributed by atoms with E-state index < -0.39 is 6.04 Å². The van der Waals surface area contributed by atoms with Crippen molar-refractivity contribution in [3.8, 4) is 5.75 Å². The summed E-state index contributed by atoms with van der Waals surface area (Å²) in [5.41, 5.74) is 2.17. The molecule has 25 heavy (non-hydrogen) atoms. The summed E-state index contributed by atoms with van der Waals surface area (Å²) in [4.78, 5) is 25.8. The molecule has 1 aliphatic rings. The molecule has 0 saturated carbocycles. The molecule has 0 unspecified atom stereocenters. The summed E-state index contributed by atoms with van der Waals surface area (Å²) in [5.74, 6) is 0.642. The number of hydrogen-bond acceptors (Lipinski definition) is 3. The van der Waals surface area contributed by atoms with Gasteiger partial charge in [0, 0.05) is 13.0 Å². The Kier molecular flexibility index (Phi) is 5.33. The first-order valence-electron chi connectivity index (χ1n) is 8.49. The number of amides is 3. The lowest BCUT2D eigenvalue weighted by Crippen LogP contribution is -2.33. The molecule has 2 aromatic rings. The lowest BCUT2D eigenvalue weighted by Gasteiger charge is -2.13. The molecule has 3 amide bonds. The number of nitrogens with zero attached hydrogens (tertiary/aromatic N) is 1. The topological polar surface area (TPSA) is 58.6 Å². The predicted molar refractivity (Wildman–Crippen MR) is 95.5 cm³/mol. The van der Waals surface area contributed by atoms with Crippen LogP contribution < -0.4 is 10.1 Å². The smallest absolute Gasteiger partial charge is 0.324 e. The van der Waals surface area contributed by atoms with Crippen LogP contribution in [0, 0.1) is 6.92 Å². The highest BCUT2D eigenvalue weighted by Crippen LogP contribution is 2.14. The molecule has 1 N–H and O–H groups in total. The minimum atomic E-state index is -0.479. The average Bonchev–Trinajstić information content (AvgIpc) is 2.87. The normalized spacial score (nSPS) is 16.8. The van der Waals surface area contributed by atoms with E-state index >= 15 is 0 Å². The van der Waals surface area contributed by atoms with Gasteiger partial charge in [-0.2, -0.15) is 0 Å². The van der Waals surface area contributed by atoms with Crippen molar-refractivity contribution >= 4 is 11.9 Å². The molecule has 3 rings (SSSR count). The maximum atomic E-state index is 12.4. The number of carbonyl (C=O) groups is 2. The van der Waals surface area contributed by atoms with Crippen LogP contribution in [0.4, 0.5) is 4.79 Å². The third-order valence-corrected chi connectivity index (χ3v) is 4.17. The van der Waals surface area contributed by atoms with E-state index in [-0.39, 0.29) is 11.9 Å². The van der Waals surface area contributed by atoms with E-state index in [0.717, 1.165) is 16.9 Å². The third-order valence-electron chi connectivity index (χ3n) is 4.17. The van der Waals surface area contributed by atoms with Crippen molar-refractivity contribution in [1.29, 1.82) is 0 Å². The molecular formula is C20H22N2O3. The molecule has 0 spiro atoms. The number of hydrogen-bond donors (Lipinski definition) is 1. The fourth-order valence-corrected chi connectivity index (χ4v) is 2.89. The summed E-state index contributed by atoms with van der Waals surface area (Å²) < 4.78 is 5.67. The van der Waals surface area contributed by atoms with Gasteiger partial charge in [-0.15, -0.1) is 0 Å². The fourth-order valence-electron chi connectivity index (χ4n) is 2.89. The van der Waals surface area contributed by atoms with E-state index in [1.165, 1.54) is 4.90 Å². The number of carbonyl (C=O) groups excluding carboxylic acids is 2. The van der Waals surface area contributed by atoms with Gasteiger partial charge < -0.3 is 10.1 Å². The molecule has 0 radical (unpaired) electrons. The van der Waals surface area contributed by atoms with Gasteiger partial charge in [-0.3, -0.25) is 9.69 Å². The number of rotatable bonds is 7. The minimum absolute atomic E-state index is 0.163. The highest BCUT2D eigenvalue weighted by Gasteiger charge is 2.37. The largest absolute Gasteiger partial charge is 0.494 e. The van der Waals surface area contributed by atoms with Crippen LogP contribution >= 0.6 is 0 Å². The van der Waals surface area contributed by atoms with Crippen molar-refractivity contribution < 1.29 is 14.3 Å². The summed E-state index contributed by atoms with van der Waals surface area (Å²) in [6, 6.07) is 16.7. The number of imide groups is 1. The number of aryl methyl sites for hydroxylation is 1. The van der Waals surface area contributed by atoms with Gasteiger partial charge in [0.1, 0.15) is 11.8 Å². The van der Waals surface area contributed by atoms with E-state index in [1.54, 1.807) is 0 Å². The van der Waals surface area contributed by atoms with Gasteiger partial charge in [0.15, 0.2) is 0 Å². The molecule has 2 aromatic carbocycles. The van der Waals surface area contributed by atoms with Crippen LogP contribution in [0.2, 0.25) is 0 Å². The van der Waals surface area contributed by atoms with E-state index in [4.69, 9.17) is 4.74 Å². The summed E-state index contributed by atoms with van der Waals surface area (Å²) in [7, 11) is 0. The van der Waals surface area contributed by atoms with Gasteiger partial charge in [-0.05, 0) is 36.6 Å². The Morgan fingerprint density at radius 1 is 1.08 bits per heavy atom. The second-order valence-electron chi connectivity index (χ2n) is 6.20. The first kappa shape index (κ1) is 17.0. The highest BCUT2D eigenvalue weighted by atomic mass is 16.5. The van der Waals surface area contributed by atoms with Crippen molar-refractivity contribution in [3.63, 3.8) is 0 Å². The van der Waals surface area contributed by atoms with Gasteiger partial charge in [0.25, 0.3) is 5.91 Å².